The average molecular weight is 234 g/mol. The molecule has 4 nitrogen and oxygen atoms in total. The van der Waals surface area contributed by atoms with E-state index in [0.717, 1.165) is 19.3 Å². The predicted molar refractivity (Wildman–Crippen MR) is 61.9 cm³/mol. The van der Waals surface area contributed by atoms with Crippen LogP contribution in [0.2, 0.25) is 0 Å². The van der Waals surface area contributed by atoms with Crippen molar-refractivity contribution in [3.05, 3.63) is 0 Å². The number of hydrogen-bond donors (Lipinski definition) is 0. The van der Waals surface area contributed by atoms with Gasteiger partial charge in [0.05, 0.1) is 0 Å². The molecular weight excluding hydrogens is 212 g/mol. The molecule has 1 aliphatic rings. The van der Waals surface area contributed by atoms with Crippen molar-refractivity contribution in [1.29, 1.82) is 0 Å². The highest BCUT2D eigenvalue weighted by molar-refractivity contribution is 7.86. The number of rotatable bonds is 4. The molecule has 1 fully saturated rings. The molecule has 5 heteroatoms. The highest BCUT2D eigenvalue weighted by atomic mass is 32.2. The second-order valence-corrected chi connectivity index (χ2v) is 5.93. The van der Waals surface area contributed by atoms with Gasteiger partial charge in [-0.05, 0) is 19.8 Å². The molecule has 0 aliphatic carbocycles. The maximum atomic E-state index is 12.2. The Hall–Kier alpha value is -0.130. The molecule has 0 aromatic carbocycles. The fraction of sp³-hybridized carbons (Fsp3) is 1.00. The standard InChI is InChI=1S/C10H22N2O2S/c1-4-11(5-2)15(13,14)12-9-7-6-8-10(12)3/h10H,4-9H2,1-3H3. The first-order valence-corrected chi connectivity index (χ1v) is 7.20. The van der Waals surface area contributed by atoms with Gasteiger partial charge in [0.15, 0.2) is 0 Å². The van der Waals surface area contributed by atoms with E-state index in [0.29, 0.717) is 19.6 Å². The summed E-state index contributed by atoms with van der Waals surface area (Å²) in [6.07, 6.45) is 3.12. The Kier molecular flexibility index (Phi) is 4.55. The zero-order chi connectivity index (χ0) is 11.5. The zero-order valence-corrected chi connectivity index (χ0v) is 10.8. The Bertz CT molecular complexity index is 286. The summed E-state index contributed by atoms with van der Waals surface area (Å²) in [7, 11) is -3.21. The smallest absolute Gasteiger partial charge is 0.195 e. The van der Waals surface area contributed by atoms with Gasteiger partial charge in [-0.2, -0.15) is 17.0 Å². The lowest BCUT2D eigenvalue weighted by Crippen LogP contribution is -2.49. The first-order chi connectivity index (χ1) is 7.04. The summed E-state index contributed by atoms with van der Waals surface area (Å²) in [5.41, 5.74) is 0. The van der Waals surface area contributed by atoms with E-state index >= 15 is 0 Å². The molecule has 15 heavy (non-hydrogen) atoms. The molecule has 0 amide bonds. The Morgan fingerprint density at radius 2 is 1.87 bits per heavy atom. The molecule has 1 saturated heterocycles. The highest BCUT2D eigenvalue weighted by Crippen LogP contribution is 2.21. The molecule has 0 spiro atoms. The average Bonchev–Trinajstić information content (AvgIpc) is 2.19. The lowest BCUT2D eigenvalue weighted by atomic mass is 10.1. The quantitative estimate of drug-likeness (QED) is 0.738. The second kappa shape index (κ2) is 5.27. The minimum Gasteiger partial charge on any atom is -0.195 e. The molecule has 0 aromatic rings. The molecule has 0 N–H and O–H groups in total. The monoisotopic (exact) mass is 234 g/mol. The molecule has 1 aliphatic heterocycles. The summed E-state index contributed by atoms with van der Waals surface area (Å²) in [5, 5.41) is 0. The van der Waals surface area contributed by atoms with E-state index in [1.807, 2.05) is 20.8 Å². The van der Waals surface area contributed by atoms with Crippen molar-refractivity contribution in [1.82, 2.24) is 8.61 Å². The van der Waals surface area contributed by atoms with E-state index in [4.69, 9.17) is 0 Å². The van der Waals surface area contributed by atoms with Gasteiger partial charge >= 0.3 is 0 Å². The first kappa shape index (κ1) is 12.9. The Balaban J connectivity index is 2.83. The van der Waals surface area contributed by atoms with E-state index in [2.05, 4.69) is 0 Å². The minimum absolute atomic E-state index is 0.157. The van der Waals surface area contributed by atoms with E-state index < -0.39 is 10.2 Å². The third-order valence-electron chi connectivity index (χ3n) is 3.07. The molecule has 1 atom stereocenters. The second-order valence-electron chi connectivity index (χ2n) is 4.05. The SMILES string of the molecule is CCN(CC)S(=O)(=O)N1CCCCC1C. The molecule has 1 heterocycles. The van der Waals surface area contributed by atoms with Crippen LogP contribution in [-0.2, 0) is 10.2 Å². The third-order valence-corrected chi connectivity index (χ3v) is 5.37. The van der Waals surface area contributed by atoms with Crippen LogP contribution in [0.15, 0.2) is 0 Å². The fourth-order valence-electron chi connectivity index (χ4n) is 2.11. The number of piperidine rings is 1. The van der Waals surface area contributed by atoms with E-state index in [1.54, 1.807) is 4.31 Å². The van der Waals surface area contributed by atoms with Crippen LogP contribution in [0.25, 0.3) is 0 Å². The van der Waals surface area contributed by atoms with E-state index in [-0.39, 0.29) is 6.04 Å². The van der Waals surface area contributed by atoms with Crippen LogP contribution < -0.4 is 0 Å². The summed E-state index contributed by atoms with van der Waals surface area (Å²) < 4.78 is 27.6. The van der Waals surface area contributed by atoms with Crippen molar-refractivity contribution in [2.24, 2.45) is 0 Å². The highest BCUT2D eigenvalue weighted by Gasteiger charge is 2.32. The molecule has 0 bridgehead atoms. The van der Waals surface area contributed by atoms with E-state index in [9.17, 15) is 8.42 Å². The number of hydrogen-bond acceptors (Lipinski definition) is 2. The Morgan fingerprint density at radius 3 is 2.33 bits per heavy atom. The maximum Gasteiger partial charge on any atom is 0.282 e. The van der Waals surface area contributed by atoms with Crippen LogP contribution in [0.5, 0.6) is 0 Å². The molecule has 90 valence electrons. The first-order valence-electron chi connectivity index (χ1n) is 5.81. The lowest BCUT2D eigenvalue weighted by Gasteiger charge is -2.35. The third kappa shape index (κ3) is 2.71. The van der Waals surface area contributed by atoms with Crippen LogP contribution in [0.3, 0.4) is 0 Å². The largest absolute Gasteiger partial charge is 0.282 e. The topological polar surface area (TPSA) is 40.6 Å². The molecule has 1 unspecified atom stereocenters. The van der Waals surface area contributed by atoms with Crippen LogP contribution in [-0.4, -0.2) is 42.7 Å². The van der Waals surface area contributed by atoms with Crippen molar-refractivity contribution in [3.8, 4) is 0 Å². The maximum absolute atomic E-state index is 12.2. The Morgan fingerprint density at radius 1 is 1.27 bits per heavy atom. The number of nitrogens with zero attached hydrogens (tertiary/aromatic N) is 2. The normalized spacial score (nSPS) is 24.7. The van der Waals surface area contributed by atoms with Crippen molar-refractivity contribution in [3.63, 3.8) is 0 Å². The fourth-order valence-corrected chi connectivity index (χ4v) is 3.98. The van der Waals surface area contributed by atoms with Gasteiger partial charge in [0.2, 0.25) is 0 Å². The minimum atomic E-state index is -3.21. The van der Waals surface area contributed by atoms with Gasteiger partial charge < -0.3 is 0 Å². The van der Waals surface area contributed by atoms with Gasteiger partial charge in [0.1, 0.15) is 0 Å². The van der Waals surface area contributed by atoms with E-state index in [1.165, 1.54) is 4.31 Å². The lowest BCUT2D eigenvalue weighted by molar-refractivity contribution is 0.247. The van der Waals surface area contributed by atoms with Gasteiger partial charge in [0.25, 0.3) is 10.2 Å². The Labute approximate surface area is 93.4 Å². The summed E-state index contributed by atoms with van der Waals surface area (Å²) in [6.45, 7) is 7.57. The summed E-state index contributed by atoms with van der Waals surface area (Å²) in [4.78, 5) is 0. The summed E-state index contributed by atoms with van der Waals surface area (Å²) in [5.74, 6) is 0. The van der Waals surface area contributed by atoms with Crippen molar-refractivity contribution < 1.29 is 8.42 Å². The predicted octanol–water partition coefficient (Wildman–Crippen LogP) is 1.45. The van der Waals surface area contributed by atoms with Gasteiger partial charge in [-0.1, -0.05) is 20.3 Å². The van der Waals surface area contributed by atoms with Crippen molar-refractivity contribution in [2.75, 3.05) is 19.6 Å². The molecule has 0 saturated carbocycles. The summed E-state index contributed by atoms with van der Waals surface area (Å²) in [6, 6.07) is 0.157. The van der Waals surface area contributed by atoms with Crippen molar-refractivity contribution >= 4 is 10.2 Å². The van der Waals surface area contributed by atoms with Crippen LogP contribution in [0.1, 0.15) is 40.0 Å². The molecule has 0 radical (unpaired) electrons. The molecule has 1 rings (SSSR count). The summed E-state index contributed by atoms with van der Waals surface area (Å²) >= 11 is 0. The molecular formula is C10H22N2O2S. The van der Waals surface area contributed by atoms with Gasteiger partial charge in [-0.15, -0.1) is 0 Å². The van der Waals surface area contributed by atoms with Gasteiger partial charge in [-0.3, -0.25) is 0 Å². The van der Waals surface area contributed by atoms with Crippen LogP contribution in [0, 0.1) is 0 Å². The van der Waals surface area contributed by atoms with Crippen LogP contribution in [0.4, 0.5) is 0 Å². The van der Waals surface area contributed by atoms with Crippen molar-refractivity contribution in [2.45, 2.75) is 46.1 Å². The van der Waals surface area contributed by atoms with Crippen LogP contribution >= 0.6 is 0 Å². The zero-order valence-electron chi connectivity index (χ0n) is 9.94. The van der Waals surface area contributed by atoms with Gasteiger partial charge in [0, 0.05) is 25.7 Å². The molecule has 0 aromatic heterocycles. The van der Waals surface area contributed by atoms with Gasteiger partial charge in [-0.25, -0.2) is 0 Å².